The molecule has 1 aliphatic heterocycles. The Labute approximate surface area is 133 Å². The number of ether oxygens (including phenoxy) is 2. The van der Waals surface area contributed by atoms with E-state index in [1.54, 1.807) is 6.92 Å². The summed E-state index contributed by atoms with van der Waals surface area (Å²) in [6.45, 7) is 2.10. The van der Waals surface area contributed by atoms with E-state index in [-0.39, 0.29) is 17.5 Å². The molecule has 1 aromatic heterocycles. The van der Waals surface area contributed by atoms with Crippen molar-refractivity contribution < 1.29 is 19.1 Å². The van der Waals surface area contributed by atoms with Crippen molar-refractivity contribution >= 4 is 23.7 Å². The van der Waals surface area contributed by atoms with E-state index in [0.717, 1.165) is 25.7 Å². The highest BCUT2D eigenvalue weighted by Crippen LogP contribution is 2.46. The summed E-state index contributed by atoms with van der Waals surface area (Å²) in [5.41, 5.74) is 0.0664. The molecule has 1 N–H and O–H groups in total. The first kappa shape index (κ1) is 15.4. The highest BCUT2D eigenvalue weighted by atomic mass is 32.2. The van der Waals surface area contributed by atoms with Crippen LogP contribution in [0.3, 0.4) is 0 Å². The van der Waals surface area contributed by atoms with Crippen LogP contribution in [0.15, 0.2) is 11.2 Å². The van der Waals surface area contributed by atoms with Gasteiger partial charge in [-0.2, -0.15) is 5.10 Å². The van der Waals surface area contributed by atoms with Crippen LogP contribution in [0.25, 0.3) is 0 Å². The average Bonchev–Trinajstić information content (AvgIpc) is 3.08. The van der Waals surface area contributed by atoms with Crippen molar-refractivity contribution in [1.29, 1.82) is 0 Å². The first-order chi connectivity index (χ1) is 10.6. The van der Waals surface area contributed by atoms with Crippen LogP contribution in [0.2, 0.25) is 0 Å². The predicted molar refractivity (Wildman–Crippen MR) is 80.7 cm³/mol. The SMILES string of the molecule is CCOC(=O)c1cn[nH]c1SC[C@]12CCCC[C@H]1CC(=O)O2. The Bertz CT molecular complexity index is 574. The third kappa shape index (κ3) is 2.86. The van der Waals surface area contributed by atoms with Crippen LogP contribution in [0.4, 0.5) is 0 Å². The molecule has 2 atom stereocenters. The van der Waals surface area contributed by atoms with Gasteiger partial charge in [-0.05, 0) is 26.2 Å². The molecule has 1 aliphatic carbocycles. The lowest BCUT2D eigenvalue weighted by Crippen LogP contribution is -2.40. The summed E-state index contributed by atoms with van der Waals surface area (Å²) in [5.74, 6) is 0.482. The second kappa shape index (κ2) is 6.32. The molecule has 120 valence electrons. The maximum Gasteiger partial charge on any atom is 0.342 e. The molecule has 0 unspecified atom stereocenters. The maximum atomic E-state index is 11.9. The predicted octanol–water partition coefficient (Wildman–Crippen LogP) is 2.55. The summed E-state index contributed by atoms with van der Waals surface area (Å²) < 4.78 is 10.7. The molecule has 0 bridgehead atoms. The van der Waals surface area contributed by atoms with E-state index in [4.69, 9.17) is 9.47 Å². The number of fused-ring (bicyclic) bond motifs is 1. The van der Waals surface area contributed by atoms with Crippen molar-refractivity contribution in [2.24, 2.45) is 5.92 Å². The van der Waals surface area contributed by atoms with Crippen LogP contribution in [0.5, 0.6) is 0 Å². The van der Waals surface area contributed by atoms with Crippen molar-refractivity contribution in [1.82, 2.24) is 10.2 Å². The van der Waals surface area contributed by atoms with Gasteiger partial charge in [0.1, 0.15) is 16.2 Å². The van der Waals surface area contributed by atoms with Crippen LogP contribution in [0, 0.1) is 5.92 Å². The number of aromatic amines is 1. The van der Waals surface area contributed by atoms with Crippen molar-refractivity contribution in [3.8, 4) is 0 Å². The van der Waals surface area contributed by atoms with Gasteiger partial charge in [0, 0.05) is 11.7 Å². The van der Waals surface area contributed by atoms with E-state index in [9.17, 15) is 9.59 Å². The molecule has 0 spiro atoms. The van der Waals surface area contributed by atoms with E-state index < -0.39 is 0 Å². The Morgan fingerprint density at radius 2 is 2.45 bits per heavy atom. The lowest BCUT2D eigenvalue weighted by Gasteiger charge is -2.36. The number of hydrogen-bond donors (Lipinski definition) is 1. The number of aromatic nitrogens is 2. The van der Waals surface area contributed by atoms with Crippen molar-refractivity contribution in [3.63, 3.8) is 0 Å². The second-order valence-electron chi connectivity index (χ2n) is 5.81. The van der Waals surface area contributed by atoms with Crippen LogP contribution in [0.1, 0.15) is 49.4 Å². The number of thioether (sulfide) groups is 1. The third-order valence-corrected chi connectivity index (χ3v) is 5.67. The molecule has 1 saturated heterocycles. The molecule has 0 radical (unpaired) electrons. The molecule has 22 heavy (non-hydrogen) atoms. The molecule has 1 saturated carbocycles. The minimum absolute atomic E-state index is 0.0947. The highest BCUT2D eigenvalue weighted by Gasteiger charge is 2.50. The average molecular weight is 324 g/mol. The third-order valence-electron chi connectivity index (χ3n) is 4.44. The number of nitrogens with one attached hydrogen (secondary N) is 1. The van der Waals surface area contributed by atoms with Gasteiger partial charge in [0.05, 0.1) is 19.2 Å². The zero-order valence-electron chi connectivity index (χ0n) is 12.6. The number of hydrogen-bond acceptors (Lipinski definition) is 6. The van der Waals surface area contributed by atoms with Crippen molar-refractivity contribution in [3.05, 3.63) is 11.8 Å². The highest BCUT2D eigenvalue weighted by molar-refractivity contribution is 7.99. The van der Waals surface area contributed by atoms with Crippen molar-refractivity contribution in [2.75, 3.05) is 12.4 Å². The van der Waals surface area contributed by atoms with Crippen LogP contribution in [-0.2, 0) is 14.3 Å². The van der Waals surface area contributed by atoms with Gasteiger partial charge in [-0.3, -0.25) is 9.89 Å². The van der Waals surface area contributed by atoms with E-state index in [1.165, 1.54) is 18.0 Å². The summed E-state index contributed by atoms with van der Waals surface area (Å²) in [4.78, 5) is 23.6. The second-order valence-corrected chi connectivity index (χ2v) is 6.79. The quantitative estimate of drug-likeness (QED) is 0.662. The number of carbonyl (C=O) groups excluding carboxylic acids is 2. The van der Waals surface area contributed by atoms with E-state index in [0.29, 0.717) is 35.3 Å². The Balaban J connectivity index is 1.71. The molecular weight excluding hydrogens is 304 g/mol. The molecule has 2 fully saturated rings. The van der Waals surface area contributed by atoms with Crippen LogP contribution in [-0.4, -0.2) is 40.1 Å². The van der Waals surface area contributed by atoms with Gasteiger partial charge in [-0.15, -0.1) is 11.8 Å². The normalized spacial score (nSPS) is 27.3. The number of nitrogens with zero attached hydrogens (tertiary/aromatic N) is 1. The molecule has 1 aromatic rings. The van der Waals surface area contributed by atoms with E-state index >= 15 is 0 Å². The van der Waals surface area contributed by atoms with Crippen LogP contribution >= 0.6 is 11.8 Å². The van der Waals surface area contributed by atoms with E-state index in [2.05, 4.69) is 10.2 Å². The van der Waals surface area contributed by atoms with Gasteiger partial charge in [0.2, 0.25) is 0 Å². The molecule has 0 amide bonds. The number of esters is 2. The van der Waals surface area contributed by atoms with E-state index in [1.807, 2.05) is 0 Å². The molecule has 2 aliphatic rings. The van der Waals surface area contributed by atoms with Crippen LogP contribution < -0.4 is 0 Å². The number of H-pyrrole nitrogens is 1. The minimum Gasteiger partial charge on any atom is -0.462 e. The first-order valence-electron chi connectivity index (χ1n) is 7.70. The monoisotopic (exact) mass is 324 g/mol. The van der Waals surface area contributed by atoms with Gasteiger partial charge in [0.15, 0.2) is 0 Å². The Kier molecular flexibility index (Phi) is 4.42. The number of carbonyl (C=O) groups is 2. The topological polar surface area (TPSA) is 81.3 Å². The standard InChI is InChI=1S/C15H20N2O4S/c1-2-20-14(19)11-8-16-17-13(11)22-9-15-6-4-3-5-10(15)7-12(18)21-15/h8,10H,2-7,9H2,1H3,(H,16,17)/t10-,15+/m0/s1. The zero-order chi connectivity index (χ0) is 15.6. The van der Waals surface area contributed by atoms with Gasteiger partial charge in [0.25, 0.3) is 0 Å². The lowest BCUT2D eigenvalue weighted by atomic mass is 9.76. The molecule has 0 aromatic carbocycles. The van der Waals surface area contributed by atoms with Gasteiger partial charge in [-0.25, -0.2) is 4.79 Å². The lowest BCUT2D eigenvalue weighted by molar-refractivity contribution is -0.148. The molecule has 7 heteroatoms. The first-order valence-corrected chi connectivity index (χ1v) is 8.68. The molecule has 2 heterocycles. The molecule has 6 nitrogen and oxygen atoms in total. The summed E-state index contributed by atoms with van der Waals surface area (Å²) in [7, 11) is 0. The Morgan fingerprint density at radius 1 is 1.59 bits per heavy atom. The molecule has 3 rings (SSSR count). The Morgan fingerprint density at radius 3 is 3.27 bits per heavy atom. The fourth-order valence-electron chi connectivity index (χ4n) is 3.33. The fraction of sp³-hybridized carbons (Fsp3) is 0.667. The van der Waals surface area contributed by atoms with Gasteiger partial charge in [-0.1, -0.05) is 6.42 Å². The fourth-order valence-corrected chi connectivity index (χ4v) is 4.56. The minimum atomic E-state index is -0.378. The summed E-state index contributed by atoms with van der Waals surface area (Å²) in [6, 6.07) is 0. The smallest absolute Gasteiger partial charge is 0.342 e. The Hall–Kier alpha value is -1.50. The largest absolute Gasteiger partial charge is 0.462 e. The summed E-state index contributed by atoms with van der Waals surface area (Å²) in [6.07, 6.45) is 6.19. The molecular formula is C15H20N2O4S. The zero-order valence-corrected chi connectivity index (χ0v) is 13.4. The van der Waals surface area contributed by atoms with Gasteiger partial charge < -0.3 is 9.47 Å². The number of rotatable bonds is 5. The summed E-state index contributed by atoms with van der Waals surface area (Å²) >= 11 is 1.49. The van der Waals surface area contributed by atoms with Gasteiger partial charge >= 0.3 is 11.9 Å². The summed E-state index contributed by atoms with van der Waals surface area (Å²) in [5, 5.41) is 7.46. The van der Waals surface area contributed by atoms with Crippen molar-refractivity contribution in [2.45, 2.75) is 49.7 Å². The maximum absolute atomic E-state index is 11.9.